The molecule has 1 atom stereocenters. The van der Waals surface area contributed by atoms with E-state index in [0.717, 1.165) is 5.75 Å². The number of benzene rings is 1. The molecule has 2 nitrogen and oxygen atoms in total. The van der Waals surface area contributed by atoms with Crippen molar-refractivity contribution in [2.24, 2.45) is 5.84 Å². The Labute approximate surface area is 103 Å². The van der Waals surface area contributed by atoms with Crippen LogP contribution in [0, 0.1) is 6.92 Å². The fourth-order valence-corrected chi connectivity index (χ4v) is 2.33. The van der Waals surface area contributed by atoms with Gasteiger partial charge in [0.2, 0.25) is 0 Å². The standard InChI is InChI=1S/C13H22N2S/c1-10-5-7-11(8-6-10)12(15-14)9-16-13(2,3)4/h5-8,12,15H,9,14H2,1-4H3. The first-order valence-corrected chi connectivity index (χ1v) is 6.57. The van der Waals surface area contributed by atoms with Crippen LogP contribution < -0.4 is 11.3 Å². The molecule has 0 aliphatic rings. The van der Waals surface area contributed by atoms with Gasteiger partial charge < -0.3 is 0 Å². The quantitative estimate of drug-likeness (QED) is 0.625. The Kier molecular flexibility index (Phi) is 4.84. The van der Waals surface area contributed by atoms with Gasteiger partial charge >= 0.3 is 0 Å². The minimum atomic E-state index is 0.227. The maximum atomic E-state index is 5.61. The molecule has 0 heterocycles. The van der Waals surface area contributed by atoms with Crippen LogP contribution in [-0.2, 0) is 0 Å². The van der Waals surface area contributed by atoms with Crippen LogP contribution in [-0.4, -0.2) is 10.5 Å². The lowest BCUT2D eigenvalue weighted by Gasteiger charge is -2.22. The van der Waals surface area contributed by atoms with Crippen LogP contribution in [0.2, 0.25) is 0 Å². The number of nitrogens with one attached hydrogen (secondary N) is 1. The number of hydrogen-bond donors (Lipinski definition) is 2. The van der Waals surface area contributed by atoms with Crippen LogP contribution in [0.15, 0.2) is 24.3 Å². The number of hydrazine groups is 1. The molecule has 0 saturated carbocycles. The normalized spacial score (nSPS) is 13.8. The van der Waals surface area contributed by atoms with E-state index in [4.69, 9.17) is 5.84 Å². The minimum absolute atomic E-state index is 0.227. The number of nitrogens with two attached hydrogens (primary N) is 1. The first-order chi connectivity index (χ1) is 7.42. The molecule has 1 aromatic carbocycles. The number of rotatable bonds is 4. The highest BCUT2D eigenvalue weighted by atomic mass is 32.2. The molecular weight excluding hydrogens is 216 g/mol. The van der Waals surface area contributed by atoms with Gasteiger partial charge in [0.15, 0.2) is 0 Å². The fraction of sp³-hybridized carbons (Fsp3) is 0.538. The third-order valence-corrected chi connectivity index (χ3v) is 3.73. The van der Waals surface area contributed by atoms with Gasteiger partial charge in [-0.3, -0.25) is 11.3 Å². The molecule has 0 saturated heterocycles. The molecule has 0 radical (unpaired) electrons. The maximum Gasteiger partial charge on any atom is 0.0550 e. The van der Waals surface area contributed by atoms with Gasteiger partial charge in [0, 0.05) is 10.5 Å². The maximum absolute atomic E-state index is 5.61. The topological polar surface area (TPSA) is 38.0 Å². The predicted molar refractivity (Wildman–Crippen MR) is 73.5 cm³/mol. The van der Waals surface area contributed by atoms with Crippen molar-refractivity contribution in [1.82, 2.24) is 5.43 Å². The van der Waals surface area contributed by atoms with E-state index in [2.05, 4.69) is 57.4 Å². The van der Waals surface area contributed by atoms with E-state index in [1.807, 2.05) is 11.8 Å². The Balaban J connectivity index is 2.64. The molecule has 0 aromatic heterocycles. The molecule has 0 aliphatic heterocycles. The van der Waals surface area contributed by atoms with Crippen molar-refractivity contribution in [1.29, 1.82) is 0 Å². The zero-order chi connectivity index (χ0) is 12.2. The number of hydrogen-bond acceptors (Lipinski definition) is 3. The van der Waals surface area contributed by atoms with E-state index in [1.165, 1.54) is 11.1 Å². The van der Waals surface area contributed by atoms with Crippen molar-refractivity contribution < 1.29 is 0 Å². The predicted octanol–water partition coefficient (Wildman–Crippen LogP) is 3.03. The van der Waals surface area contributed by atoms with Crippen molar-refractivity contribution in [2.45, 2.75) is 38.5 Å². The zero-order valence-electron chi connectivity index (χ0n) is 10.6. The van der Waals surface area contributed by atoms with Crippen molar-refractivity contribution in [3.05, 3.63) is 35.4 Å². The molecule has 0 fully saturated rings. The first kappa shape index (κ1) is 13.6. The average molecular weight is 238 g/mol. The van der Waals surface area contributed by atoms with Crippen molar-refractivity contribution in [2.75, 3.05) is 5.75 Å². The molecule has 90 valence electrons. The van der Waals surface area contributed by atoms with Crippen molar-refractivity contribution in [3.8, 4) is 0 Å². The second-order valence-electron chi connectivity index (χ2n) is 5.05. The molecule has 16 heavy (non-hydrogen) atoms. The highest BCUT2D eigenvalue weighted by Gasteiger charge is 2.15. The van der Waals surface area contributed by atoms with E-state index in [-0.39, 0.29) is 10.8 Å². The van der Waals surface area contributed by atoms with E-state index in [0.29, 0.717) is 0 Å². The van der Waals surface area contributed by atoms with Gasteiger partial charge in [0.1, 0.15) is 0 Å². The Bertz CT molecular complexity index is 314. The summed E-state index contributed by atoms with van der Waals surface area (Å²) in [5.41, 5.74) is 5.42. The Morgan fingerprint density at radius 2 is 1.81 bits per heavy atom. The monoisotopic (exact) mass is 238 g/mol. The average Bonchev–Trinajstić information content (AvgIpc) is 2.20. The summed E-state index contributed by atoms with van der Waals surface area (Å²) in [5.74, 6) is 6.60. The van der Waals surface area contributed by atoms with Crippen molar-refractivity contribution in [3.63, 3.8) is 0 Å². The third-order valence-electron chi connectivity index (χ3n) is 2.36. The second-order valence-corrected chi connectivity index (χ2v) is 6.90. The van der Waals surface area contributed by atoms with Crippen LogP contribution >= 0.6 is 11.8 Å². The van der Waals surface area contributed by atoms with Crippen LogP contribution in [0.4, 0.5) is 0 Å². The third kappa shape index (κ3) is 4.56. The molecule has 1 unspecified atom stereocenters. The fourth-order valence-electron chi connectivity index (χ4n) is 1.37. The molecule has 0 amide bonds. The molecule has 0 aliphatic carbocycles. The van der Waals surface area contributed by atoms with Crippen molar-refractivity contribution >= 4 is 11.8 Å². The molecule has 1 aromatic rings. The summed E-state index contributed by atoms with van der Waals surface area (Å²) in [6.07, 6.45) is 0. The SMILES string of the molecule is Cc1ccc(C(CSC(C)(C)C)NN)cc1. The largest absolute Gasteiger partial charge is 0.271 e. The smallest absolute Gasteiger partial charge is 0.0550 e. The molecule has 3 N–H and O–H groups in total. The summed E-state index contributed by atoms with van der Waals surface area (Å²) in [6.45, 7) is 8.76. The van der Waals surface area contributed by atoms with Crippen LogP contribution in [0.3, 0.4) is 0 Å². The lowest BCUT2D eigenvalue weighted by Crippen LogP contribution is -2.30. The van der Waals surface area contributed by atoms with Gasteiger partial charge in [-0.1, -0.05) is 50.6 Å². The minimum Gasteiger partial charge on any atom is -0.271 e. The van der Waals surface area contributed by atoms with Crippen LogP contribution in [0.5, 0.6) is 0 Å². The van der Waals surface area contributed by atoms with Gasteiger partial charge in [-0.25, -0.2) is 0 Å². The lowest BCUT2D eigenvalue weighted by molar-refractivity contribution is 0.607. The molecule has 1 rings (SSSR count). The van der Waals surface area contributed by atoms with E-state index < -0.39 is 0 Å². The van der Waals surface area contributed by atoms with Crippen LogP contribution in [0.1, 0.15) is 37.9 Å². The number of aryl methyl sites for hydroxylation is 1. The van der Waals surface area contributed by atoms with Crippen LogP contribution in [0.25, 0.3) is 0 Å². The summed E-state index contributed by atoms with van der Waals surface area (Å²) >= 11 is 1.92. The van der Waals surface area contributed by atoms with E-state index in [9.17, 15) is 0 Å². The van der Waals surface area contributed by atoms with E-state index >= 15 is 0 Å². The zero-order valence-corrected chi connectivity index (χ0v) is 11.4. The summed E-state index contributed by atoms with van der Waals surface area (Å²) in [4.78, 5) is 0. The summed E-state index contributed by atoms with van der Waals surface area (Å²) in [7, 11) is 0. The Hall–Kier alpha value is -0.510. The van der Waals surface area contributed by atoms with Gasteiger partial charge in [-0.05, 0) is 12.5 Å². The lowest BCUT2D eigenvalue weighted by atomic mass is 10.1. The summed E-state index contributed by atoms with van der Waals surface area (Å²) < 4.78 is 0.278. The number of thioether (sulfide) groups is 1. The molecular formula is C13H22N2S. The van der Waals surface area contributed by atoms with Gasteiger partial charge in [0.05, 0.1) is 6.04 Å². The Morgan fingerprint density at radius 1 is 1.25 bits per heavy atom. The highest BCUT2D eigenvalue weighted by Crippen LogP contribution is 2.28. The molecule has 0 spiro atoms. The summed E-state index contributed by atoms with van der Waals surface area (Å²) in [6, 6.07) is 8.76. The first-order valence-electron chi connectivity index (χ1n) is 5.59. The summed E-state index contributed by atoms with van der Waals surface area (Å²) in [5, 5.41) is 0. The van der Waals surface area contributed by atoms with Gasteiger partial charge in [-0.15, -0.1) is 0 Å². The van der Waals surface area contributed by atoms with Gasteiger partial charge in [-0.2, -0.15) is 11.8 Å². The highest BCUT2D eigenvalue weighted by molar-refractivity contribution is 8.00. The molecule has 0 bridgehead atoms. The Morgan fingerprint density at radius 3 is 2.25 bits per heavy atom. The van der Waals surface area contributed by atoms with Gasteiger partial charge in [0.25, 0.3) is 0 Å². The molecule has 3 heteroatoms. The second kappa shape index (κ2) is 5.71. The van der Waals surface area contributed by atoms with E-state index in [1.54, 1.807) is 0 Å².